The molecule has 1 aliphatic heterocycles. The number of alkyl halides is 1. The number of halogens is 1. The first-order chi connectivity index (χ1) is 4.69. The number of hydrogen-bond acceptors (Lipinski definition) is 3. The van der Waals surface area contributed by atoms with Gasteiger partial charge in [0.1, 0.15) is 0 Å². The van der Waals surface area contributed by atoms with E-state index in [1.165, 1.54) is 0 Å². The molecule has 0 radical (unpaired) electrons. The smallest absolute Gasteiger partial charge is 0.0623 e. The minimum Gasteiger partial charge on any atom is -0.394 e. The highest BCUT2D eigenvalue weighted by molar-refractivity contribution is 9.09. The fraction of sp³-hybridized carbons (Fsp3) is 1.00. The second-order valence-corrected chi connectivity index (χ2v) is 3.92. The maximum absolute atomic E-state index is 8.94. The van der Waals surface area contributed by atoms with Crippen molar-refractivity contribution < 1.29 is 5.11 Å². The van der Waals surface area contributed by atoms with Crippen LogP contribution in [0.25, 0.3) is 0 Å². The van der Waals surface area contributed by atoms with E-state index in [0.717, 1.165) is 19.5 Å². The lowest BCUT2D eigenvalue weighted by molar-refractivity contribution is 0.170. The molecule has 0 aromatic carbocycles. The first-order valence-electron chi connectivity index (χ1n) is 3.43. The quantitative estimate of drug-likeness (QED) is 0.507. The van der Waals surface area contributed by atoms with Crippen molar-refractivity contribution in [2.45, 2.75) is 16.8 Å². The molecule has 10 heavy (non-hydrogen) atoms. The van der Waals surface area contributed by atoms with Crippen LogP contribution in [-0.4, -0.2) is 35.2 Å². The number of rotatable bonds is 1. The molecule has 60 valence electrons. The van der Waals surface area contributed by atoms with Crippen LogP contribution >= 0.6 is 15.9 Å². The standard InChI is InChI=1S/C6H13BrN2O/c7-5-3-9-2-1-6(5,8)4-10/h5,9-10H,1-4,8H2. The third-order valence-electron chi connectivity index (χ3n) is 2.01. The van der Waals surface area contributed by atoms with E-state index in [2.05, 4.69) is 21.2 Å². The van der Waals surface area contributed by atoms with Gasteiger partial charge < -0.3 is 16.2 Å². The third-order valence-corrected chi connectivity index (χ3v) is 3.24. The maximum Gasteiger partial charge on any atom is 0.0623 e. The van der Waals surface area contributed by atoms with Crippen molar-refractivity contribution in [1.82, 2.24) is 5.32 Å². The molecule has 2 unspecified atom stereocenters. The van der Waals surface area contributed by atoms with E-state index < -0.39 is 5.54 Å². The Kier molecular flexibility index (Phi) is 2.68. The van der Waals surface area contributed by atoms with Gasteiger partial charge in [-0.2, -0.15) is 0 Å². The summed E-state index contributed by atoms with van der Waals surface area (Å²) in [6.07, 6.45) is 0.833. The molecule has 4 heteroatoms. The second kappa shape index (κ2) is 3.17. The van der Waals surface area contributed by atoms with Gasteiger partial charge in [-0.05, 0) is 13.0 Å². The highest BCUT2D eigenvalue weighted by Crippen LogP contribution is 2.21. The number of nitrogens with two attached hydrogens (primary N) is 1. The van der Waals surface area contributed by atoms with Crippen LogP contribution in [0.2, 0.25) is 0 Å². The van der Waals surface area contributed by atoms with Crippen LogP contribution < -0.4 is 11.1 Å². The Morgan fingerprint density at radius 2 is 2.50 bits per heavy atom. The van der Waals surface area contributed by atoms with E-state index in [9.17, 15) is 0 Å². The molecule has 2 atom stereocenters. The van der Waals surface area contributed by atoms with Crippen molar-refractivity contribution in [2.75, 3.05) is 19.7 Å². The Labute approximate surface area is 69.1 Å². The lowest BCUT2D eigenvalue weighted by atomic mass is 9.91. The fourth-order valence-corrected chi connectivity index (χ4v) is 1.69. The Bertz CT molecular complexity index is 122. The summed E-state index contributed by atoms with van der Waals surface area (Å²) < 4.78 is 0. The van der Waals surface area contributed by atoms with E-state index >= 15 is 0 Å². The van der Waals surface area contributed by atoms with Crippen LogP contribution in [0.3, 0.4) is 0 Å². The minimum absolute atomic E-state index is 0.0601. The zero-order chi connectivity index (χ0) is 7.61. The molecular weight excluding hydrogens is 196 g/mol. The van der Waals surface area contributed by atoms with Crippen LogP contribution in [0.15, 0.2) is 0 Å². The maximum atomic E-state index is 8.94. The normalized spacial score (nSPS) is 41.7. The number of aliphatic hydroxyl groups excluding tert-OH is 1. The molecule has 4 N–H and O–H groups in total. The number of nitrogens with one attached hydrogen (secondary N) is 1. The van der Waals surface area contributed by atoms with Crippen molar-refractivity contribution in [3.8, 4) is 0 Å². The van der Waals surface area contributed by atoms with Crippen LogP contribution in [0.1, 0.15) is 6.42 Å². The van der Waals surface area contributed by atoms with E-state index in [0.29, 0.717) is 0 Å². The first kappa shape index (κ1) is 8.46. The highest BCUT2D eigenvalue weighted by atomic mass is 79.9. The molecule has 0 aliphatic carbocycles. The van der Waals surface area contributed by atoms with Crippen molar-refractivity contribution >= 4 is 15.9 Å². The number of hydrogen-bond donors (Lipinski definition) is 3. The van der Waals surface area contributed by atoms with Gasteiger partial charge in [-0.1, -0.05) is 15.9 Å². The van der Waals surface area contributed by atoms with Crippen molar-refractivity contribution in [3.63, 3.8) is 0 Å². The second-order valence-electron chi connectivity index (χ2n) is 2.81. The number of aliphatic hydroxyl groups is 1. The first-order valence-corrected chi connectivity index (χ1v) is 4.35. The van der Waals surface area contributed by atoms with Crippen molar-refractivity contribution in [3.05, 3.63) is 0 Å². The fourth-order valence-electron chi connectivity index (χ4n) is 1.09. The molecule has 1 aliphatic rings. The Morgan fingerprint density at radius 1 is 1.80 bits per heavy atom. The summed E-state index contributed by atoms with van der Waals surface area (Å²) in [6, 6.07) is 0. The van der Waals surface area contributed by atoms with Crippen LogP contribution in [0.5, 0.6) is 0 Å². The molecule has 1 rings (SSSR count). The molecule has 0 bridgehead atoms. The molecule has 0 spiro atoms. The molecule has 3 nitrogen and oxygen atoms in total. The predicted molar refractivity (Wildman–Crippen MR) is 44.2 cm³/mol. The molecular formula is C6H13BrN2O. The summed E-state index contributed by atoms with van der Waals surface area (Å²) in [7, 11) is 0. The molecule has 1 fully saturated rings. The van der Waals surface area contributed by atoms with Gasteiger partial charge in [-0.15, -0.1) is 0 Å². The van der Waals surface area contributed by atoms with Gasteiger partial charge in [0.2, 0.25) is 0 Å². The SMILES string of the molecule is NC1(CO)CCNCC1Br. The average Bonchev–Trinajstić information content (AvgIpc) is 1.96. The van der Waals surface area contributed by atoms with Gasteiger partial charge >= 0.3 is 0 Å². The third kappa shape index (κ3) is 1.50. The molecule has 0 amide bonds. The zero-order valence-corrected chi connectivity index (χ0v) is 7.39. The molecule has 0 aromatic rings. The van der Waals surface area contributed by atoms with Crippen LogP contribution in [0.4, 0.5) is 0 Å². The van der Waals surface area contributed by atoms with E-state index in [4.69, 9.17) is 10.8 Å². The Balaban J connectivity index is 2.54. The minimum atomic E-state index is -0.411. The Morgan fingerprint density at radius 3 is 2.90 bits per heavy atom. The van der Waals surface area contributed by atoms with E-state index in [-0.39, 0.29) is 11.4 Å². The monoisotopic (exact) mass is 208 g/mol. The van der Waals surface area contributed by atoms with Gasteiger partial charge in [-0.3, -0.25) is 0 Å². The highest BCUT2D eigenvalue weighted by Gasteiger charge is 2.34. The van der Waals surface area contributed by atoms with Crippen LogP contribution in [-0.2, 0) is 0 Å². The van der Waals surface area contributed by atoms with Gasteiger partial charge in [0.05, 0.1) is 12.1 Å². The summed E-state index contributed by atoms with van der Waals surface area (Å²) in [4.78, 5) is 0.193. The van der Waals surface area contributed by atoms with Gasteiger partial charge in [0.15, 0.2) is 0 Å². The van der Waals surface area contributed by atoms with Crippen LogP contribution in [0, 0.1) is 0 Å². The number of piperidine rings is 1. The summed E-state index contributed by atoms with van der Waals surface area (Å²) in [5.41, 5.74) is 5.45. The largest absolute Gasteiger partial charge is 0.394 e. The molecule has 1 heterocycles. The van der Waals surface area contributed by atoms with E-state index in [1.54, 1.807) is 0 Å². The predicted octanol–water partition coefficient (Wildman–Crippen LogP) is -0.567. The molecule has 0 saturated carbocycles. The molecule has 1 saturated heterocycles. The Hall–Kier alpha value is 0.360. The van der Waals surface area contributed by atoms with Crippen molar-refractivity contribution in [2.24, 2.45) is 5.73 Å². The van der Waals surface area contributed by atoms with Gasteiger partial charge in [0.25, 0.3) is 0 Å². The summed E-state index contributed by atoms with van der Waals surface area (Å²) in [5, 5.41) is 12.1. The molecule has 0 aromatic heterocycles. The van der Waals surface area contributed by atoms with Gasteiger partial charge in [0, 0.05) is 11.4 Å². The topological polar surface area (TPSA) is 58.3 Å². The van der Waals surface area contributed by atoms with Crippen molar-refractivity contribution in [1.29, 1.82) is 0 Å². The summed E-state index contributed by atoms with van der Waals surface area (Å²) in [6.45, 7) is 1.81. The lowest BCUT2D eigenvalue weighted by Crippen LogP contribution is -2.59. The average molecular weight is 209 g/mol. The zero-order valence-electron chi connectivity index (χ0n) is 5.81. The van der Waals surface area contributed by atoms with E-state index in [1.807, 2.05) is 0 Å². The lowest BCUT2D eigenvalue weighted by Gasteiger charge is -2.36. The van der Waals surface area contributed by atoms with Gasteiger partial charge in [-0.25, -0.2) is 0 Å². The summed E-state index contributed by atoms with van der Waals surface area (Å²) >= 11 is 3.42. The summed E-state index contributed by atoms with van der Waals surface area (Å²) in [5.74, 6) is 0.